The topological polar surface area (TPSA) is 132 Å². The van der Waals surface area contributed by atoms with E-state index in [1.807, 2.05) is 24.3 Å². The monoisotopic (exact) mass is 830 g/mol. The van der Waals surface area contributed by atoms with Crippen molar-refractivity contribution in [3.05, 3.63) is 108 Å². The smallest absolute Gasteiger partial charge is 0.657 e. The third-order valence-corrected chi connectivity index (χ3v) is 11.9. The van der Waals surface area contributed by atoms with Gasteiger partial charge in [0.1, 0.15) is 11.0 Å². The zero-order valence-corrected chi connectivity index (χ0v) is 36.1. The molecule has 10 rings (SSSR count). The second kappa shape index (κ2) is 14.7. The van der Waals surface area contributed by atoms with Crippen molar-refractivity contribution in [1.29, 1.82) is 0 Å². The van der Waals surface area contributed by atoms with Crippen LogP contribution in [0, 0.1) is 0 Å². The van der Waals surface area contributed by atoms with Gasteiger partial charge in [-0.15, -0.1) is 22.1 Å². The average molecular weight is 832 g/mol. The predicted molar refractivity (Wildman–Crippen MR) is 227 cm³/mol. The van der Waals surface area contributed by atoms with E-state index in [-0.39, 0.29) is 44.3 Å². The van der Waals surface area contributed by atoms with Crippen molar-refractivity contribution in [3.63, 3.8) is 0 Å². The van der Waals surface area contributed by atoms with Gasteiger partial charge in [-0.3, -0.25) is 9.59 Å². The molecule has 8 aromatic rings. The molecule has 2 aliphatic heterocycles. The van der Waals surface area contributed by atoms with Crippen LogP contribution < -0.4 is 9.97 Å². The molecule has 8 bridgehead atoms. The first-order valence-electron chi connectivity index (χ1n) is 18.8. The molecule has 0 saturated heterocycles. The second-order valence-corrected chi connectivity index (χ2v) is 15.0. The number of hydrogen-bond donors (Lipinski definition) is 0. The van der Waals surface area contributed by atoms with E-state index in [0.717, 1.165) is 116 Å². The fourth-order valence-corrected chi connectivity index (χ4v) is 9.03. The number of fused-ring (bicyclic) bond motifs is 21. The van der Waals surface area contributed by atoms with Crippen molar-refractivity contribution in [3.8, 4) is 0 Å². The summed E-state index contributed by atoms with van der Waals surface area (Å²) >= 11 is 1.16. The fourth-order valence-electron chi connectivity index (χ4n) is 8.49. The van der Waals surface area contributed by atoms with Crippen molar-refractivity contribution in [2.45, 2.75) is 39.5 Å². The summed E-state index contributed by atoms with van der Waals surface area (Å²) in [4.78, 5) is 46.2. The summed E-state index contributed by atoms with van der Waals surface area (Å²) in [7, 11) is 2.81. The number of carbonyl (C=O) groups is 2. The molecule has 4 aromatic carbocycles. The summed E-state index contributed by atoms with van der Waals surface area (Å²) in [6.07, 6.45) is 1.27. The summed E-state index contributed by atoms with van der Waals surface area (Å²) in [5, 5.41) is 8.26. The van der Waals surface area contributed by atoms with E-state index in [1.165, 1.54) is 14.2 Å². The van der Waals surface area contributed by atoms with Crippen molar-refractivity contribution in [2.75, 3.05) is 14.2 Å². The van der Waals surface area contributed by atoms with E-state index in [0.29, 0.717) is 29.6 Å². The van der Waals surface area contributed by atoms with Gasteiger partial charge in [0.05, 0.1) is 48.7 Å². The molecule has 12 heteroatoms. The van der Waals surface area contributed by atoms with Crippen LogP contribution in [0.3, 0.4) is 0 Å². The van der Waals surface area contributed by atoms with Gasteiger partial charge in [0.15, 0.2) is 0 Å². The molecule has 6 heterocycles. The number of nitrogens with zero attached hydrogens (tertiary/aromatic N) is 6. The van der Waals surface area contributed by atoms with Gasteiger partial charge >= 0.3 is 31.4 Å². The summed E-state index contributed by atoms with van der Waals surface area (Å²) in [5.41, 5.74) is 11.3. The maximum atomic E-state index is 12.5. The van der Waals surface area contributed by atoms with Crippen LogP contribution >= 0.6 is 11.7 Å². The molecule has 0 unspecified atom stereocenters. The third kappa shape index (κ3) is 6.01. The Bertz CT molecular complexity index is 3300. The molecule has 0 amide bonds. The van der Waals surface area contributed by atoms with Gasteiger partial charge in [-0.25, -0.2) is 9.97 Å². The van der Waals surface area contributed by atoms with Gasteiger partial charge in [-0.2, -0.15) is 8.75 Å². The number of aromatic nitrogens is 6. The Morgan fingerprint density at radius 2 is 1.03 bits per heavy atom. The van der Waals surface area contributed by atoms with Gasteiger partial charge in [-0.1, -0.05) is 78.9 Å². The maximum absolute atomic E-state index is 12.5. The van der Waals surface area contributed by atoms with Crippen molar-refractivity contribution in [1.82, 2.24) is 28.7 Å². The molecule has 58 heavy (non-hydrogen) atoms. The van der Waals surface area contributed by atoms with E-state index < -0.39 is 0 Å². The number of allylic oxidation sites excluding steroid dienone is 4. The maximum Gasteiger partial charge on any atom is 2.00 e. The molecular formula is C46H34N6O4SZn. The zero-order valence-electron chi connectivity index (χ0n) is 32.3. The van der Waals surface area contributed by atoms with Gasteiger partial charge in [0.25, 0.3) is 0 Å². The predicted octanol–water partition coefficient (Wildman–Crippen LogP) is 9.96. The summed E-state index contributed by atoms with van der Waals surface area (Å²) in [6.45, 7) is 4.10. The normalized spacial score (nSPS) is 13.0. The van der Waals surface area contributed by atoms with Crippen LogP contribution in [0.4, 0.5) is 0 Å². The number of methoxy groups -OCH3 is 2. The number of ether oxygens (including phenoxy) is 2. The largest absolute Gasteiger partial charge is 2.00 e. The van der Waals surface area contributed by atoms with Crippen molar-refractivity contribution >= 4 is 122 Å². The Labute approximate surface area is 349 Å². The molecule has 0 saturated carbocycles. The third-order valence-electron chi connectivity index (χ3n) is 11.4. The minimum Gasteiger partial charge on any atom is -0.657 e. The molecule has 0 aliphatic carbocycles. The molecule has 280 valence electrons. The number of esters is 2. The number of hydrogen-bond acceptors (Lipinski definition) is 9. The number of rotatable bonds is 6. The average Bonchev–Trinajstić information content (AvgIpc) is 4.04. The van der Waals surface area contributed by atoms with E-state index in [4.69, 9.17) is 33.8 Å². The minimum atomic E-state index is -0.295. The van der Waals surface area contributed by atoms with E-state index in [2.05, 4.69) is 78.9 Å². The molecular weight excluding hydrogens is 798 g/mol. The van der Waals surface area contributed by atoms with E-state index >= 15 is 0 Å². The quantitative estimate of drug-likeness (QED) is 0.0906. The molecule has 2 aliphatic rings. The molecule has 10 nitrogen and oxygen atoms in total. The van der Waals surface area contributed by atoms with Crippen LogP contribution in [0.1, 0.15) is 62.3 Å². The second-order valence-electron chi connectivity index (χ2n) is 14.4. The van der Waals surface area contributed by atoms with Crippen LogP contribution in [-0.4, -0.2) is 44.9 Å². The standard InChI is InChI=1S/C46H34N6O4S.Zn/c1-23-25(14-17-41(53)55-3)35-21-37-31-13-16-32-46(52-57-51-32)45(31)40(49-37)22-36-26(15-18-42(54)56-4)24(2)34(48-36)20-39-44-30-12-8-6-10-28(30)27-9-5-7-11-29(27)43(44)38(50-39)19-33(23)47-35;/h5-13,16,19-22H,14-15,17-18H2,1-4H3;/q-2;+2. The summed E-state index contributed by atoms with van der Waals surface area (Å²) in [5.74, 6) is -0.587. The SMILES string of the molecule is COC(=O)CCC1=C(C)c2cc3[n-]c(cc4nc(cc5[n-]c(cc1n2)c1ccc2nsnc2c51)C(CCC(=O)OC)=C4C)c1c2ccccc2c2ccccc2c31.[Zn+2]. The Kier molecular flexibility index (Phi) is 9.49. The Balaban J connectivity index is 0.00000436. The first-order valence-corrected chi connectivity index (χ1v) is 19.5. The Morgan fingerprint density at radius 1 is 0.569 bits per heavy atom. The Morgan fingerprint density at radius 3 is 1.57 bits per heavy atom. The molecule has 0 radical (unpaired) electrons. The fraction of sp³-hybridized carbons (Fsp3) is 0.174. The van der Waals surface area contributed by atoms with Gasteiger partial charge in [0, 0.05) is 12.8 Å². The molecule has 0 atom stereocenters. The first-order chi connectivity index (χ1) is 27.8. The van der Waals surface area contributed by atoms with E-state index in [1.54, 1.807) is 0 Å². The van der Waals surface area contributed by atoms with Crippen molar-refractivity contribution < 1.29 is 38.5 Å². The summed E-state index contributed by atoms with van der Waals surface area (Å²) in [6, 6.07) is 29.0. The molecule has 4 aromatic heterocycles. The minimum absolute atomic E-state index is 0. The van der Waals surface area contributed by atoms with Crippen LogP contribution in [0.5, 0.6) is 0 Å². The van der Waals surface area contributed by atoms with Gasteiger partial charge in [-0.05, 0) is 98.1 Å². The van der Waals surface area contributed by atoms with Gasteiger partial charge < -0.3 is 19.4 Å². The molecule has 0 spiro atoms. The zero-order chi connectivity index (χ0) is 38.9. The number of carbonyl (C=O) groups excluding carboxylic acids is 2. The number of benzene rings is 4. The molecule has 0 N–H and O–H groups in total. The van der Waals surface area contributed by atoms with E-state index in [9.17, 15) is 9.59 Å². The van der Waals surface area contributed by atoms with Crippen molar-refractivity contribution in [2.24, 2.45) is 0 Å². The van der Waals surface area contributed by atoms with Crippen LogP contribution in [0.2, 0.25) is 0 Å². The summed E-state index contributed by atoms with van der Waals surface area (Å²) < 4.78 is 19.4. The van der Waals surface area contributed by atoms with Crippen LogP contribution in [0.15, 0.2) is 84.9 Å². The van der Waals surface area contributed by atoms with Crippen LogP contribution in [0.25, 0.3) is 98.5 Å². The van der Waals surface area contributed by atoms with Crippen LogP contribution in [-0.2, 0) is 38.5 Å². The first kappa shape index (κ1) is 37.5. The molecule has 0 fully saturated rings. The Hall–Kier alpha value is -6.10. The van der Waals surface area contributed by atoms with Gasteiger partial charge in [0.2, 0.25) is 0 Å².